The minimum Gasteiger partial charge on any atom is -0.508 e. The second-order valence-corrected chi connectivity index (χ2v) is 4.84. The van der Waals surface area contributed by atoms with E-state index in [0.717, 1.165) is 13.1 Å². The first-order chi connectivity index (χ1) is 8.29. The number of piperidine rings is 1. The van der Waals surface area contributed by atoms with Crippen molar-refractivity contribution in [1.29, 1.82) is 0 Å². The molecule has 94 valence electrons. The fourth-order valence-electron chi connectivity index (χ4n) is 2.57. The maximum absolute atomic E-state index is 9.28. The van der Waals surface area contributed by atoms with Crippen molar-refractivity contribution in [3.63, 3.8) is 0 Å². The van der Waals surface area contributed by atoms with Crippen LogP contribution in [0.3, 0.4) is 0 Å². The highest BCUT2D eigenvalue weighted by Crippen LogP contribution is 2.20. The summed E-state index contributed by atoms with van der Waals surface area (Å²) in [5, 5.41) is 12.6. The standard InChI is InChI=1S/C14H22N2O/c1-15-10-13-4-2-3-9-16(13)11-12-5-7-14(17)8-6-12/h5-8,13,15,17H,2-4,9-11H2,1H3. The highest BCUT2D eigenvalue weighted by atomic mass is 16.3. The quantitative estimate of drug-likeness (QED) is 0.836. The molecule has 1 atom stereocenters. The lowest BCUT2D eigenvalue weighted by Gasteiger charge is -2.35. The van der Waals surface area contributed by atoms with Gasteiger partial charge in [0, 0.05) is 19.1 Å². The monoisotopic (exact) mass is 234 g/mol. The Hall–Kier alpha value is -1.06. The first kappa shape index (κ1) is 12.4. The zero-order valence-corrected chi connectivity index (χ0v) is 10.5. The summed E-state index contributed by atoms with van der Waals surface area (Å²) >= 11 is 0. The summed E-state index contributed by atoms with van der Waals surface area (Å²) in [6, 6.07) is 8.22. The molecular formula is C14H22N2O. The van der Waals surface area contributed by atoms with Crippen molar-refractivity contribution in [2.24, 2.45) is 0 Å². The normalized spacial score (nSPS) is 21.6. The molecule has 17 heavy (non-hydrogen) atoms. The van der Waals surface area contributed by atoms with E-state index in [-0.39, 0.29) is 0 Å². The lowest BCUT2D eigenvalue weighted by Crippen LogP contribution is -2.44. The molecule has 1 unspecified atom stereocenters. The Morgan fingerprint density at radius 3 is 2.76 bits per heavy atom. The van der Waals surface area contributed by atoms with Crippen LogP contribution >= 0.6 is 0 Å². The predicted octanol–water partition coefficient (Wildman–Crippen LogP) is 1.97. The average Bonchev–Trinajstić information content (AvgIpc) is 2.35. The van der Waals surface area contributed by atoms with Crippen molar-refractivity contribution in [3.05, 3.63) is 29.8 Å². The Morgan fingerprint density at radius 1 is 1.29 bits per heavy atom. The van der Waals surface area contributed by atoms with E-state index < -0.39 is 0 Å². The van der Waals surface area contributed by atoms with Crippen LogP contribution in [-0.4, -0.2) is 36.2 Å². The largest absolute Gasteiger partial charge is 0.508 e. The Kier molecular flexibility index (Phi) is 4.40. The molecule has 0 saturated carbocycles. The minimum absolute atomic E-state index is 0.346. The molecule has 1 saturated heterocycles. The van der Waals surface area contributed by atoms with Gasteiger partial charge in [0.15, 0.2) is 0 Å². The Labute approximate surface area is 103 Å². The number of hydrogen-bond acceptors (Lipinski definition) is 3. The van der Waals surface area contributed by atoms with Crippen LogP contribution in [0.4, 0.5) is 0 Å². The van der Waals surface area contributed by atoms with Crippen molar-refractivity contribution >= 4 is 0 Å². The molecule has 1 aromatic rings. The molecule has 1 fully saturated rings. The van der Waals surface area contributed by atoms with Crippen LogP contribution in [0.5, 0.6) is 5.75 Å². The third kappa shape index (κ3) is 3.45. The maximum atomic E-state index is 9.28. The van der Waals surface area contributed by atoms with E-state index in [9.17, 15) is 5.11 Å². The van der Waals surface area contributed by atoms with Crippen LogP contribution in [0.1, 0.15) is 24.8 Å². The zero-order valence-electron chi connectivity index (χ0n) is 10.5. The highest BCUT2D eigenvalue weighted by molar-refractivity contribution is 5.25. The summed E-state index contributed by atoms with van der Waals surface area (Å²) in [5.74, 6) is 0.346. The van der Waals surface area contributed by atoms with Gasteiger partial charge in [0.05, 0.1) is 0 Å². The van der Waals surface area contributed by atoms with E-state index in [0.29, 0.717) is 11.8 Å². The Bertz CT molecular complexity index is 335. The summed E-state index contributed by atoms with van der Waals surface area (Å²) in [4.78, 5) is 2.55. The van der Waals surface area contributed by atoms with Crippen molar-refractivity contribution in [1.82, 2.24) is 10.2 Å². The van der Waals surface area contributed by atoms with Crippen molar-refractivity contribution < 1.29 is 5.11 Å². The molecule has 2 N–H and O–H groups in total. The molecule has 0 spiro atoms. The smallest absolute Gasteiger partial charge is 0.115 e. The number of likely N-dealkylation sites (N-methyl/N-ethyl adjacent to an activating group) is 1. The predicted molar refractivity (Wildman–Crippen MR) is 70.1 cm³/mol. The average molecular weight is 234 g/mol. The molecule has 3 nitrogen and oxygen atoms in total. The van der Waals surface area contributed by atoms with Gasteiger partial charge in [0.25, 0.3) is 0 Å². The van der Waals surface area contributed by atoms with Gasteiger partial charge in [-0.2, -0.15) is 0 Å². The van der Waals surface area contributed by atoms with Crippen LogP contribution < -0.4 is 5.32 Å². The first-order valence-electron chi connectivity index (χ1n) is 6.46. The zero-order chi connectivity index (χ0) is 12.1. The van der Waals surface area contributed by atoms with Gasteiger partial charge in [-0.3, -0.25) is 4.90 Å². The van der Waals surface area contributed by atoms with Gasteiger partial charge >= 0.3 is 0 Å². The van der Waals surface area contributed by atoms with E-state index >= 15 is 0 Å². The molecule has 1 aliphatic rings. The van der Waals surface area contributed by atoms with Crippen molar-refractivity contribution in [2.45, 2.75) is 31.8 Å². The van der Waals surface area contributed by atoms with Crippen LogP contribution in [0.25, 0.3) is 0 Å². The summed E-state index contributed by atoms with van der Waals surface area (Å²) in [7, 11) is 2.02. The maximum Gasteiger partial charge on any atom is 0.115 e. The Morgan fingerprint density at radius 2 is 2.06 bits per heavy atom. The molecule has 2 rings (SSSR count). The van der Waals surface area contributed by atoms with Gasteiger partial charge in [-0.25, -0.2) is 0 Å². The number of benzene rings is 1. The third-order valence-electron chi connectivity index (χ3n) is 3.51. The van der Waals surface area contributed by atoms with Gasteiger partial charge in [0.2, 0.25) is 0 Å². The van der Waals surface area contributed by atoms with Gasteiger partial charge in [0.1, 0.15) is 5.75 Å². The van der Waals surface area contributed by atoms with Crippen LogP contribution in [0.2, 0.25) is 0 Å². The number of aromatic hydroxyl groups is 1. The number of hydrogen-bond donors (Lipinski definition) is 2. The number of rotatable bonds is 4. The lowest BCUT2D eigenvalue weighted by molar-refractivity contribution is 0.139. The van der Waals surface area contributed by atoms with E-state index in [4.69, 9.17) is 0 Å². The van der Waals surface area contributed by atoms with Gasteiger partial charge in [-0.1, -0.05) is 18.6 Å². The third-order valence-corrected chi connectivity index (χ3v) is 3.51. The number of phenolic OH excluding ortho intramolecular Hbond substituents is 1. The molecule has 0 radical (unpaired) electrons. The van der Waals surface area contributed by atoms with Gasteiger partial charge in [-0.15, -0.1) is 0 Å². The molecule has 1 aromatic carbocycles. The molecule has 3 heteroatoms. The molecule has 1 aliphatic heterocycles. The number of likely N-dealkylation sites (tertiary alicyclic amines) is 1. The molecule has 0 aromatic heterocycles. The van der Waals surface area contributed by atoms with E-state index in [1.165, 1.54) is 31.4 Å². The number of phenols is 1. The lowest BCUT2D eigenvalue weighted by atomic mass is 10.0. The SMILES string of the molecule is CNCC1CCCCN1Cc1ccc(O)cc1. The molecule has 1 heterocycles. The highest BCUT2D eigenvalue weighted by Gasteiger charge is 2.21. The second-order valence-electron chi connectivity index (χ2n) is 4.84. The Balaban J connectivity index is 1.97. The van der Waals surface area contributed by atoms with E-state index in [1.54, 1.807) is 12.1 Å². The van der Waals surface area contributed by atoms with Crippen molar-refractivity contribution in [3.8, 4) is 5.75 Å². The summed E-state index contributed by atoms with van der Waals surface area (Å²) in [5.41, 5.74) is 1.28. The first-order valence-corrected chi connectivity index (χ1v) is 6.46. The van der Waals surface area contributed by atoms with Gasteiger partial charge in [-0.05, 0) is 44.1 Å². The summed E-state index contributed by atoms with van der Waals surface area (Å²) in [6.07, 6.45) is 3.94. The fraction of sp³-hybridized carbons (Fsp3) is 0.571. The van der Waals surface area contributed by atoms with Crippen LogP contribution in [-0.2, 0) is 6.54 Å². The van der Waals surface area contributed by atoms with E-state index in [2.05, 4.69) is 10.2 Å². The second kappa shape index (κ2) is 6.03. The fourth-order valence-corrected chi connectivity index (χ4v) is 2.57. The van der Waals surface area contributed by atoms with Crippen molar-refractivity contribution in [2.75, 3.05) is 20.1 Å². The van der Waals surface area contributed by atoms with E-state index in [1.807, 2.05) is 19.2 Å². The minimum atomic E-state index is 0.346. The number of nitrogens with zero attached hydrogens (tertiary/aromatic N) is 1. The van der Waals surface area contributed by atoms with Crippen LogP contribution in [0.15, 0.2) is 24.3 Å². The molecule has 0 bridgehead atoms. The summed E-state index contributed by atoms with van der Waals surface area (Å²) in [6.45, 7) is 3.25. The van der Waals surface area contributed by atoms with Gasteiger partial charge < -0.3 is 10.4 Å². The van der Waals surface area contributed by atoms with Crippen LogP contribution in [0, 0.1) is 0 Å². The number of nitrogens with one attached hydrogen (secondary N) is 1. The topological polar surface area (TPSA) is 35.5 Å². The molecular weight excluding hydrogens is 212 g/mol. The molecule has 0 aliphatic carbocycles. The molecule has 0 amide bonds. The summed E-state index contributed by atoms with van der Waals surface area (Å²) < 4.78 is 0.